The minimum atomic E-state index is 0.752. The van der Waals surface area contributed by atoms with E-state index in [1.807, 2.05) is 6.92 Å². The summed E-state index contributed by atoms with van der Waals surface area (Å²) in [5.74, 6) is 0.993. The maximum atomic E-state index is 4.45. The van der Waals surface area contributed by atoms with Gasteiger partial charge >= 0.3 is 0 Å². The highest BCUT2D eigenvalue weighted by atomic mass is 32.1. The standard InChI is InChI=1S/C13H16N4S/c1-9-7-18-12(17-9)6-14-13-10-4-2-3-5-11(10)15-8-16-13/h7-8H,2-6H2,1H3,(H,14,15,16). The first-order valence-corrected chi connectivity index (χ1v) is 7.18. The van der Waals surface area contributed by atoms with Gasteiger partial charge in [0.05, 0.1) is 6.54 Å². The molecule has 0 fully saturated rings. The second-order valence-corrected chi connectivity index (χ2v) is 5.53. The zero-order chi connectivity index (χ0) is 12.4. The van der Waals surface area contributed by atoms with Crippen LogP contribution >= 0.6 is 11.3 Å². The fraction of sp³-hybridized carbons (Fsp3) is 0.462. The van der Waals surface area contributed by atoms with Crippen LogP contribution < -0.4 is 5.32 Å². The van der Waals surface area contributed by atoms with Gasteiger partial charge in [-0.3, -0.25) is 0 Å². The summed E-state index contributed by atoms with van der Waals surface area (Å²) in [4.78, 5) is 13.2. The quantitative estimate of drug-likeness (QED) is 0.922. The van der Waals surface area contributed by atoms with Crippen molar-refractivity contribution in [3.8, 4) is 0 Å². The zero-order valence-corrected chi connectivity index (χ0v) is 11.3. The first-order chi connectivity index (χ1) is 8.83. The van der Waals surface area contributed by atoms with E-state index in [1.54, 1.807) is 17.7 Å². The summed E-state index contributed by atoms with van der Waals surface area (Å²) in [5.41, 5.74) is 3.60. The number of anilines is 1. The van der Waals surface area contributed by atoms with Crippen molar-refractivity contribution in [3.05, 3.63) is 33.7 Å². The van der Waals surface area contributed by atoms with E-state index in [0.717, 1.165) is 35.9 Å². The second-order valence-electron chi connectivity index (χ2n) is 4.59. The van der Waals surface area contributed by atoms with Crippen LogP contribution in [0.1, 0.15) is 34.8 Å². The minimum absolute atomic E-state index is 0.752. The summed E-state index contributed by atoms with van der Waals surface area (Å²) in [6, 6.07) is 0. The van der Waals surface area contributed by atoms with E-state index < -0.39 is 0 Å². The Morgan fingerprint density at radius 1 is 1.28 bits per heavy atom. The Morgan fingerprint density at radius 3 is 3.00 bits per heavy atom. The van der Waals surface area contributed by atoms with Crippen molar-refractivity contribution in [1.29, 1.82) is 0 Å². The van der Waals surface area contributed by atoms with Crippen LogP contribution in [0.25, 0.3) is 0 Å². The summed E-state index contributed by atoms with van der Waals surface area (Å²) in [5, 5.41) is 6.58. The molecule has 2 aromatic heterocycles. The predicted octanol–water partition coefficient (Wildman–Crippen LogP) is 2.73. The van der Waals surface area contributed by atoms with Gasteiger partial charge in [-0.1, -0.05) is 0 Å². The molecule has 0 unspecified atom stereocenters. The summed E-state index contributed by atoms with van der Waals surface area (Å²) in [6.45, 7) is 2.77. The van der Waals surface area contributed by atoms with Crippen molar-refractivity contribution >= 4 is 17.2 Å². The molecule has 2 heterocycles. The number of nitrogens with zero attached hydrogens (tertiary/aromatic N) is 3. The lowest BCUT2D eigenvalue weighted by Crippen LogP contribution is -2.12. The molecule has 5 heteroatoms. The maximum absolute atomic E-state index is 4.45. The van der Waals surface area contributed by atoms with Gasteiger partial charge in [-0.15, -0.1) is 11.3 Å². The van der Waals surface area contributed by atoms with Crippen molar-refractivity contribution in [1.82, 2.24) is 15.0 Å². The molecule has 0 atom stereocenters. The number of nitrogens with one attached hydrogen (secondary N) is 1. The number of aryl methyl sites for hydroxylation is 2. The largest absolute Gasteiger partial charge is 0.363 e. The van der Waals surface area contributed by atoms with E-state index in [2.05, 4.69) is 25.6 Å². The Labute approximate surface area is 111 Å². The molecule has 94 valence electrons. The molecule has 0 radical (unpaired) electrons. The van der Waals surface area contributed by atoms with Gasteiger partial charge < -0.3 is 5.32 Å². The number of rotatable bonds is 3. The molecule has 1 aliphatic rings. The third-order valence-corrected chi connectivity index (χ3v) is 4.17. The van der Waals surface area contributed by atoms with Crippen LogP contribution in [0.3, 0.4) is 0 Å². The molecular formula is C13H16N4S. The number of hydrogen-bond acceptors (Lipinski definition) is 5. The number of thiazole rings is 1. The third kappa shape index (κ3) is 2.36. The fourth-order valence-corrected chi connectivity index (χ4v) is 3.03. The first kappa shape index (κ1) is 11.6. The second kappa shape index (κ2) is 5.02. The topological polar surface area (TPSA) is 50.7 Å². The van der Waals surface area contributed by atoms with Crippen LogP contribution in [0.15, 0.2) is 11.7 Å². The van der Waals surface area contributed by atoms with Crippen molar-refractivity contribution in [2.45, 2.75) is 39.2 Å². The van der Waals surface area contributed by atoms with Crippen molar-refractivity contribution in [2.24, 2.45) is 0 Å². The predicted molar refractivity (Wildman–Crippen MR) is 72.9 cm³/mol. The van der Waals surface area contributed by atoms with E-state index in [0.29, 0.717) is 0 Å². The van der Waals surface area contributed by atoms with E-state index in [4.69, 9.17) is 0 Å². The van der Waals surface area contributed by atoms with Crippen molar-refractivity contribution in [3.63, 3.8) is 0 Å². The molecule has 0 amide bonds. The maximum Gasteiger partial charge on any atom is 0.133 e. The highest BCUT2D eigenvalue weighted by molar-refractivity contribution is 7.09. The Bertz CT molecular complexity index is 550. The van der Waals surface area contributed by atoms with Crippen LogP contribution in [-0.4, -0.2) is 15.0 Å². The Kier molecular flexibility index (Phi) is 3.23. The molecular weight excluding hydrogens is 244 g/mol. The fourth-order valence-electron chi connectivity index (χ4n) is 2.32. The number of aromatic nitrogens is 3. The molecule has 0 spiro atoms. The lowest BCUT2D eigenvalue weighted by molar-refractivity contribution is 0.663. The van der Waals surface area contributed by atoms with Gasteiger partial charge in [0.1, 0.15) is 17.2 Å². The van der Waals surface area contributed by atoms with Crippen LogP contribution in [-0.2, 0) is 19.4 Å². The van der Waals surface area contributed by atoms with E-state index in [9.17, 15) is 0 Å². The smallest absolute Gasteiger partial charge is 0.133 e. The molecule has 0 saturated heterocycles. The van der Waals surface area contributed by atoms with Gasteiger partial charge in [0.25, 0.3) is 0 Å². The van der Waals surface area contributed by atoms with E-state index in [1.165, 1.54) is 24.1 Å². The highest BCUT2D eigenvalue weighted by Crippen LogP contribution is 2.24. The zero-order valence-electron chi connectivity index (χ0n) is 10.4. The van der Waals surface area contributed by atoms with Crippen molar-refractivity contribution < 1.29 is 0 Å². The van der Waals surface area contributed by atoms with Crippen molar-refractivity contribution in [2.75, 3.05) is 5.32 Å². The van der Waals surface area contributed by atoms with Crippen LogP contribution in [0.4, 0.5) is 5.82 Å². The molecule has 0 saturated carbocycles. The molecule has 18 heavy (non-hydrogen) atoms. The van der Waals surface area contributed by atoms with E-state index in [-0.39, 0.29) is 0 Å². The highest BCUT2D eigenvalue weighted by Gasteiger charge is 2.15. The minimum Gasteiger partial charge on any atom is -0.363 e. The number of hydrogen-bond donors (Lipinski definition) is 1. The summed E-state index contributed by atoms with van der Waals surface area (Å²) >= 11 is 1.69. The van der Waals surface area contributed by atoms with Gasteiger partial charge in [-0.25, -0.2) is 15.0 Å². The normalized spacial score (nSPS) is 14.3. The molecule has 2 aromatic rings. The lowest BCUT2D eigenvalue weighted by Gasteiger charge is -2.17. The van der Waals surface area contributed by atoms with Crippen LogP contribution in [0, 0.1) is 6.92 Å². The molecule has 1 aliphatic carbocycles. The van der Waals surface area contributed by atoms with Crippen LogP contribution in [0.5, 0.6) is 0 Å². The average Bonchev–Trinajstić information content (AvgIpc) is 2.82. The summed E-state index contributed by atoms with van der Waals surface area (Å²) in [7, 11) is 0. The van der Waals surface area contributed by atoms with Gasteiger partial charge in [-0.2, -0.15) is 0 Å². The van der Waals surface area contributed by atoms with Gasteiger partial charge in [0.15, 0.2) is 0 Å². The monoisotopic (exact) mass is 260 g/mol. The Balaban J connectivity index is 1.76. The summed E-state index contributed by atoms with van der Waals surface area (Å²) < 4.78 is 0. The molecule has 1 N–H and O–H groups in total. The molecule has 0 aliphatic heterocycles. The third-order valence-electron chi connectivity index (χ3n) is 3.20. The molecule has 4 nitrogen and oxygen atoms in total. The SMILES string of the molecule is Cc1csc(CNc2ncnc3c2CCCC3)n1. The molecule has 0 aromatic carbocycles. The lowest BCUT2D eigenvalue weighted by atomic mass is 9.96. The average molecular weight is 260 g/mol. The Morgan fingerprint density at radius 2 is 2.17 bits per heavy atom. The number of fused-ring (bicyclic) bond motifs is 1. The molecule has 3 rings (SSSR count). The summed E-state index contributed by atoms with van der Waals surface area (Å²) in [6.07, 6.45) is 6.33. The van der Waals surface area contributed by atoms with Crippen LogP contribution in [0.2, 0.25) is 0 Å². The van der Waals surface area contributed by atoms with Gasteiger partial charge in [0, 0.05) is 22.3 Å². The molecule has 0 bridgehead atoms. The first-order valence-electron chi connectivity index (χ1n) is 6.30. The van der Waals surface area contributed by atoms with Gasteiger partial charge in [-0.05, 0) is 32.6 Å². The Hall–Kier alpha value is -1.49. The van der Waals surface area contributed by atoms with Gasteiger partial charge in [0.2, 0.25) is 0 Å². The van der Waals surface area contributed by atoms with E-state index >= 15 is 0 Å².